The Bertz CT molecular complexity index is 1160. The maximum Gasteiger partial charge on any atom is 0.171 e. The Labute approximate surface area is 177 Å². The molecule has 1 aromatic carbocycles. The fourth-order valence-corrected chi connectivity index (χ4v) is 3.52. The normalized spacial score (nSPS) is 14.1. The van der Waals surface area contributed by atoms with Crippen LogP contribution in [-0.2, 0) is 6.42 Å². The van der Waals surface area contributed by atoms with E-state index in [2.05, 4.69) is 15.0 Å². The third-order valence-corrected chi connectivity index (χ3v) is 5.24. The summed E-state index contributed by atoms with van der Waals surface area (Å²) < 4.78 is 41.3. The number of carbonyl (C=O) groups is 1. The number of benzene rings is 1. The summed E-state index contributed by atoms with van der Waals surface area (Å²) in [4.78, 5) is 27.0. The third-order valence-electron chi connectivity index (χ3n) is 5.24. The molecule has 0 amide bonds. The van der Waals surface area contributed by atoms with Crippen LogP contribution in [0.5, 0.6) is 0 Å². The van der Waals surface area contributed by atoms with Crippen LogP contribution in [0.4, 0.5) is 19.0 Å². The third kappa shape index (κ3) is 4.47. The number of hydrogen-bond acceptors (Lipinski definition) is 5. The van der Waals surface area contributed by atoms with Gasteiger partial charge in [-0.3, -0.25) is 14.8 Å². The number of carbonyl (C=O) groups excluding carboxylic acids is 1. The molecule has 0 atom stereocenters. The van der Waals surface area contributed by atoms with Crippen LogP contribution in [0.1, 0.15) is 35.1 Å². The number of halogens is 3. The second kappa shape index (κ2) is 8.67. The van der Waals surface area contributed by atoms with Gasteiger partial charge in [-0.2, -0.15) is 0 Å². The van der Waals surface area contributed by atoms with Crippen LogP contribution in [0.2, 0.25) is 0 Å². The molecule has 0 saturated carbocycles. The molecule has 5 nitrogen and oxygen atoms in total. The average molecular weight is 424 g/mol. The first-order valence-corrected chi connectivity index (χ1v) is 9.76. The maximum atomic E-state index is 14.1. The van der Waals surface area contributed by atoms with Gasteiger partial charge in [0.25, 0.3) is 0 Å². The maximum absolute atomic E-state index is 14.1. The standard InChI is InChI=1S/C23H19F3N4O/c1-14-6-8-30(23-20(26)3-2-7-27-23)13-18(14)21-12-28-16(11-29-21)10-22(31)17-9-15(24)4-5-19(17)25/h2-5,7,9,11-12H,6,8,10,13H2,1H3. The zero-order chi connectivity index (χ0) is 22.0. The van der Waals surface area contributed by atoms with Crippen molar-refractivity contribution in [3.05, 3.63) is 88.9 Å². The van der Waals surface area contributed by atoms with Crippen LogP contribution in [-0.4, -0.2) is 33.8 Å². The summed E-state index contributed by atoms with van der Waals surface area (Å²) in [6.07, 6.45) is 5.08. The lowest BCUT2D eigenvalue weighted by Gasteiger charge is -2.30. The largest absolute Gasteiger partial charge is 0.349 e. The monoisotopic (exact) mass is 424 g/mol. The molecule has 158 valence electrons. The van der Waals surface area contributed by atoms with Gasteiger partial charge in [0, 0.05) is 25.5 Å². The van der Waals surface area contributed by atoms with Gasteiger partial charge in [0.2, 0.25) is 0 Å². The Kier molecular flexibility index (Phi) is 5.79. The van der Waals surface area contributed by atoms with Crippen molar-refractivity contribution >= 4 is 17.2 Å². The van der Waals surface area contributed by atoms with Crippen LogP contribution in [0, 0.1) is 17.5 Å². The number of nitrogens with zero attached hydrogens (tertiary/aromatic N) is 4. The zero-order valence-corrected chi connectivity index (χ0v) is 16.8. The van der Waals surface area contributed by atoms with Gasteiger partial charge < -0.3 is 4.90 Å². The van der Waals surface area contributed by atoms with Crippen molar-refractivity contribution in [1.29, 1.82) is 0 Å². The molecule has 0 aliphatic carbocycles. The summed E-state index contributed by atoms with van der Waals surface area (Å²) in [6.45, 7) is 3.07. The number of ketones is 1. The second-order valence-electron chi connectivity index (χ2n) is 7.36. The molecule has 3 heterocycles. The molecule has 31 heavy (non-hydrogen) atoms. The Morgan fingerprint density at radius 2 is 1.90 bits per heavy atom. The van der Waals surface area contributed by atoms with E-state index in [0.717, 1.165) is 35.8 Å². The van der Waals surface area contributed by atoms with Gasteiger partial charge in [0.15, 0.2) is 17.4 Å². The number of pyridine rings is 1. The van der Waals surface area contributed by atoms with E-state index in [4.69, 9.17) is 0 Å². The molecule has 0 fully saturated rings. The molecule has 0 unspecified atom stereocenters. The van der Waals surface area contributed by atoms with Crippen molar-refractivity contribution in [1.82, 2.24) is 15.0 Å². The van der Waals surface area contributed by atoms with Crippen LogP contribution in [0.25, 0.3) is 5.57 Å². The van der Waals surface area contributed by atoms with Gasteiger partial charge in [0.1, 0.15) is 11.6 Å². The SMILES string of the molecule is CC1=C(c2cnc(CC(=O)c3cc(F)ccc3F)cn2)CN(c2ncccc2F)CC1. The highest BCUT2D eigenvalue weighted by molar-refractivity contribution is 5.97. The summed E-state index contributed by atoms with van der Waals surface area (Å²) in [7, 11) is 0. The minimum absolute atomic E-state index is 0.197. The second-order valence-corrected chi connectivity index (χ2v) is 7.36. The molecule has 8 heteroatoms. The number of hydrogen-bond donors (Lipinski definition) is 0. The van der Waals surface area contributed by atoms with Gasteiger partial charge in [-0.15, -0.1) is 0 Å². The predicted molar refractivity (Wildman–Crippen MR) is 110 cm³/mol. The average Bonchev–Trinajstić information content (AvgIpc) is 2.77. The van der Waals surface area contributed by atoms with E-state index in [9.17, 15) is 18.0 Å². The predicted octanol–water partition coefficient (Wildman–Crippen LogP) is 4.40. The smallest absolute Gasteiger partial charge is 0.171 e. The summed E-state index contributed by atoms with van der Waals surface area (Å²) in [5.41, 5.74) is 2.68. The van der Waals surface area contributed by atoms with Gasteiger partial charge in [0.05, 0.1) is 29.6 Å². The molecular weight excluding hydrogens is 405 g/mol. The highest BCUT2D eigenvalue weighted by atomic mass is 19.1. The molecule has 0 spiro atoms. The lowest BCUT2D eigenvalue weighted by Crippen LogP contribution is -2.32. The van der Waals surface area contributed by atoms with Crippen LogP contribution in [0.3, 0.4) is 0 Å². The number of aromatic nitrogens is 3. The fraction of sp³-hybridized carbons (Fsp3) is 0.217. The van der Waals surface area contributed by atoms with Crippen molar-refractivity contribution in [2.45, 2.75) is 19.8 Å². The molecule has 0 saturated heterocycles. The quantitative estimate of drug-likeness (QED) is 0.569. The van der Waals surface area contributed by atoms with Crippen molar-refractivity contribution in [3.63, 3.8) is 0 Å². The lowest BCUT2D eigenvalue weighted by atomic mass is 9.99. The molecular formula is C23H19F3N4O. The van der Waals surface area contributed by atoms with Crippen LogP contribution < -0.4 is 4.90 Å². The van der Waals surface area contributed by atoms with Crippen molar-refractivity contribution in [3.8, 4) is 0 Å². The van der Waals surface area contributed by atoms with Crippen LogP contribution in [0.15, 0.2) is 54.5 Å². The Morgan fingerprint density at radius 1 is 1.06 bits per heavy atom. The van der Waals surface area contributed by atoms with Gasteiger partial charge in [-0.05, 0) is 49.2 Å². The first-order valence-electron chi connectivity index (χ1n) is 9.76. The van der Waals surface area contributed by atoms with E-state index >= 15 is 0 Å². The summed E-state index contributed by atoms with van der Waals surface area (Å²) in [5, 5.41) is 0. The van der Waals surface area contributed by atoms with Crippen molar-refractivity contribution in [2.75, 3.05) is 18.0 Å². The van der Waals surface area contributed by atoms with E-state index in [1.54, 1.807) is 18.5 Å². The van der Waals surface area contributed by atoms with E-state index < -0.39 is 17.4 Å². The van der Waals surface area contributed by atoms with Crippen molar-refractivity contribution < 1.29 is 18.0 Å². The van der Waals surface area contributed by atoms with Crippen molar-refractivity contribution in [2.24, 2.45) is 0 Å². The van der Waals surface area contributed by atoms with Gasteiger partial charge in [-0.25, -0.2) is 18.2 Å². The summed E-state index contributed by atoms with van der Waals surface area (Å²) >= 11 is 0. The number of rotatable bonds is 5. The van der Waals surface area contributed by atoms with Gasteiger partial charge in [-0.1, -0.05) is 5.57 Å². The molecule has 1 aliphatic rings. The minimum atomic E-state index is -0.777. The molecule has 3 aromatic rings. The van der Waals surface area contributed by atoms with Crippen LogP contribution >= 0.6 is 0 Å². The molecule has 0 bridgehead atoms. The minimum Gasteiger partial charge on any atom is -0.349 e. The van der Waals surface area contributed by atoms with E-state index in [-0.39, 0.29) is 17.8 Å². The first kappa shape index (κ1) is 20.7. The van der Waals surface area contributed by atoms with Gasteiger partial charge >= 0.3 is 0 Å². The first-order chi connectivity index (χ1) is 14.9. The highest BCUT2D eigenvalue weighted by Crippen LogP contribution is 2.28. The molecule has 0 N–H and O–H groups in total. The number of anilines is 1. The Balaban J connectivity index is 1.51. The zero-order valence-electron chi connectivity index (χ0n) is 16.8. The lowest BCUT2D eigenvalue weighted by molar-refractivity contribution is 0.0987. The molecule has 0 radical (unpaired) electrons. The van der Waals surface area contributed by atoms with E-state index in [1.807, 2.05) is 11.8 Å². The Hall–Kier alpha value is -3.55. The fourth-order valence-electron chi connectivity index (χ4n) is 3.52. The van der Waals surface area contributed by atoms with E-state index in [0.29, 0.717) is 30.3 Å². The molecule has 2 aromatic heterocycles. The molecule has 4 rings (SSSR count). The highest BCUT2D eigenvalue weighted by Gasteiger charge is 2.22. The summed E-state index contributed by atoms with van der Waals surface area (Å²) in [5.74, 6) is -2.13. The Morgan fingerprint density at radius 3 is 2.65 bits per heavy atom. The topological polar surface area (TPSA) is 59.0 Å². The number of Topliss-reactive ketones (excluding diaryl/α,β-unsaturated/α-hetero) is 1. The molecule has 1 aliphatic heterocycles. The summed E-state index contributed by atoms with van der Waals surface area (Å²) in [6, 6.07) is 5.68. The van der Waals surface area contributed by atoms with E-state index in [1.165, 1.54) is 12.3 Å².